The van der Waals surface area contributed by atoms with Crippen molar-refractivity contribution in [2.45, 2.75) is 0 Å². The first-order valence-electron chi connectivity index (χ1n) is 4.99. The minimum absolute atomic E-state index is 0. The SMILES string of the molecule is C=C1C(Cl)=C[C-]=C(c2c(F)cc(F)cc2F)N1C.[Y]. The normalized spacial score (nSPS) is 14.8. The third-order valence-electron chi connectivity index (χ3n) is 2.60. The van der Waals surface area contributed by atoms with Crippen molar-refractivity contribution in [2.24, 2.45) is 0 Å². The molecule has 0 unspecified atom stereocenters. The van der Waals surface area contributed by atoms with Gasteiger partial charge in [-0.1, -0.05) is 12.3 Å². The van der Waals surface area contributed by atoms with Gasteiger partial charge in [0.05, 0.1) is 11.6 Å². The Kier molecular flexibility index (Phi) is 5.42. The number of likely N-dealkylation sites (N-methyl/N-ethyl adjacent to an activating group) is 1. The summed E-state index contributed by atoms with van der Waals surface area (Å²) in [6.45, 7) is 3.67. The predicted molar refractivity (Wildman–Crippen MR) is 63.8 cm³/mol. The van der Waals surface area contributed by atoms with Crippen LogP contribution >= 0.6 is 11.6 Å². The molecule has 0 bridgehead atoms. The van der Waals surface area contributed by atoms with Crippen LogP contribution in [0.25, 0.3) is 5.70 Å². The van der Waals surface area contributed by atoms with Gasteiger partial charge < -0.3 is 4.90 Å². The summed E-state index contributed by atoms with van der Waals surface area (Å²) in [6.07, 6.45) is 4.01. The summed E-state index contributed by atoms with van der Waals surface area (Å²) in [5.74, 6) is -2.97. The summed E-state index contributed by atoms with van der Waals surface area (Å²) in [4.78, 5) is 1.39. The maximum Gasteiger partial charge on any atom is 0.126 e. The van der Waals surface area contributed by atoms with Crippen LogP contribution < -0.4 is 0 Å². The molecule has 0 atom stereocenters. The quantitative estimate of drug-likeness (QED) is 0.689. The third-order valence-corrected chi connectivity index (χ3v) is 2.92. The van der Waals surface area contributed by atoms with E-state index >= 15 is 0 Å². The molecule has 1 heterocycles. The van der Waals surface area contributed by atoms with Gasteiger partial charge in [0, 0.05) is 39.8 Å². The summed E-state index contributed by atoms with van der Waals surface area (Å²) in [5, 5.41) is 0.323. The van der Waals surface area contributed by atoms with Crippen LogP contribution in [0.2, 0.25) is 0 Å². The van der Waals surface area contributed by atoms with Crippen LogP contribution in [-0.2, 0) is 32.7 Å². The minimum atomic E-state index is -0.999. The van der Waals surface area contributed by atoms with Gasteiger partial charge in [-0.2, -0.15) is 23.8 Å². The van der Waals surface area contributed by atoms with Gasteiger partial charge in [-0.25, -0.2) is 13.2 Å². The molecular weight excluding hydrogens is 352 g/mol. The van der Waals surface area contributed by atoms with E-state index in [1.807, 2.05) is 0 Å². The zero-order chi connectivity index (χ0) is 13.4. The molecule has 1 aromatic carbocycles. The zero-order valence-electron chi connectivity index (χ0n) is 9.98. The van der Waals surface area contributed by atoms with Crippen molar-refractivity contribution in [3.05, 3.63) is 64.6 Å². The summed E-state index contributed by atoms with van der Waals surface area (Å²) in [5.41, 5.74) is 0.133. The Labute approximate surface area is 139 Å². The second kappa shape index (κ2) is 6.25. The van der Waals surface area contributed by atoms with Crippen molar-refractivity contribution in [2.75, 3.05) is 7.05 Å². The number of hydrogen-bond donors (Lipinski definition) is 0. The maximum atomic E-state index is 13.6. The van der Waals surface area contributed by atoms with E-state index in [0.717, 1.165) is 0 Å². The van der Waals surface area contributed by atoms with Crippen molar-refractivity contribution in [1.29, 1.82) is 0 Å². The molecule has 0 fully saturated rings. The van der Waals surface area contributed by atoms with Crippen LogP contribution in [0, 0.1) is 23.5 Å². The van der Waals surface area contributed by atoms with Gasteiger partial charge in [0.1, 0.15) is 5.82 Å². The van der Waals surface area contributed by atoms with Gasteiger partial charge in [-0.3, -0.25) is 0 Å². The minimum Gasteiger partial charge on any atom is -0.377 e. The molecule has 0 aromatic heterocycles. The van der Waals surface area contributed by atoms with E-state index in [1.54, 1.807) is 7.05 Å². The van der Waals surface area contributed by atoms with E-state index in [9.17, 15) is 13.2 Å². The Morgan fingerprint density at radius 1 is 1.21 bits per heavy atom. The van der Waals surface area contributed by atoms with E-state index in [4.69, 9.17) is 11.6 Å². The van der Waals surface area contributed by atoms with Gasteiger partial charge in [-0.15, -0.1) is 0 Å². The summed E-state index contributed by atoms with van der Waals surface area (Å²) in [7, 11) is 1.54. The fourth-order valence-corrected chi connectivity index (χ4v) is 1.80. The van der Waals surface area contributed by atoms with Gasteiger partial charge in [0.2, 0.25) is 0 Å². The Hall–Kier alpha value is -0.576. The van der Waals surface area contributed by atoms with Gasteiger partial charge in [0.25, 0.3) is 0 Å². The topological polar surface area (TPSA) is 3.24 Å². The molecule has 1 aliphatic heterocycles. The number of benzene rings is 1. The van der Waals surface area contributed by atoms with Gasteiger partial charge >= 0.3 is 0 Å². The van der Waals surface area contributed by atoms with Crippen molar-refractivity contribution in [3.8, 4) is 0 Å². The van der Waals surface area contributed by atoms with Crippen LogP contribution in [0.4, 0.5) is 13.2 Å². The molecule has 1 nitrogen and oxygen atoms in total. The Morgan fingerprint density at radius 3 is 2.26 bits per heavy atom. The molecular formula is C13H8ClF3NY-. The van der Waals surface area contributed by atoms with Gasteiger partial charge in [0.15, 0.2) is 0 Å². The molecule has 1 aromatic rings. The molecule has 0 spiro atoms. The third kappa shape index (κ3) is 3.12. The van der Waals surface area contributed by atoms with Crippen LogP contribution in [0.1, 0.15) is 5.56 Å². The van der Waals surface area contributed by atoms with E-state index in [2.05, 4.69) is 12.7 Å². The molecule has 0 saturated heterocycles. The Bertz CT molecular complexity index is 573. The largest absolute Gasteiger partial charge is 0.377 e. The van der Waals surface area contributed by atoms with Crippen molar-refractivity contribution in [1.82, 2.24) is 4.90 Å². The standard InChI is InChI=1S/C13H8ClF3N.Y/c1-7-9(14)3-4-12(18(7)2)13-10(16)5-8(15)6-11(13)17;/h3,5-6H,1H2,2H3;/q-1;. The monoisotopic (exact) mass is 359 g/mol. The van der Waals surface area contributed by atoms with Crippen LogP contribution in [-0.4, -0.2) is 11.9 Å². The molecule has 0 amide bonds. The van der Waals surface area contributed by atoms with E-state index in [1.165, 1.54) is 11.0 Å². The average molecular weight is 360 g/mol. The summed E-state index contributed by atoms with van der Waals surface area (Å²) >= 11 is 5.82. The second-order valence-electron chi connectivity index (χ2n) is 3.74. The summed E-state index contributed by atoms with van der Waals surface area (Å²) in [6, 6.07) is 1.23. The van der Waals surface area contributed by atoms with Crippen LogP contribution in [0.5, 0.6) is 0 Å². The second-order valence-corrected chi connectivity index (χ2v) is 4.14. The van der Waals surface area contributed by atoms with Gasteiger partial charge in [-0.05, 0) is 28.4 Å². The van der Waals surface area contributed by atoms with Crippen molar-refractivity contribution >= 4 is 17.3 Å². The number of allylic oxidation sites excluding steroid dienone is 3. The molecule has 6 heteroatoms. The van der Waals surface area contributed by atoms with E-state index in [-0.39, 0.29) is 44.0 Å². The number of nitrogens with zero attached hydrogens (tertiary/aromatic N) is 1. The van der Waals surface area contributed by atoms with Crippen molar-refractivity contribution < 1.29 is 45.9 Å². The van der Waals surface area contributed by atoms with Crippen LogP contribution in [0.15, 0.2) is 35.5 Å². The average Bonchev–Trinajstić information content (AvgIpc) is 2.28. The Morgan fingerprint density at radius 2 is 1.74 bits per heavy atom. The van der Waals surface area contributed by atoms with Crippen LogP contribution in [0.3, 0.4) is 0 Å². The first-order valence-corrected chi connectivity index (χ1v) is 5.36. The molecule has 19 heavy (non-hydrogen) atoms. The van der Waals surface area contributed by atoms with E-state index in [0.29, 0.717) is 22.9 Å². The fraction of sp³-hybridized carbons (Fsp3) is 0.0769. The zero-order valence-corrected chi connectivity index (χ0v) is 13.6. The predicted octanol–water partition coefficient (Wildman–Crippen LogP) is 3.83. The Balaban J connectivity index is 0.00000180. The molecule has 1 radical (unpaired) electrons. The molecule has 0 saturated carbocycles. The maximum absolute atomic E-state index is 13.6. The smallest absolute Gasteiger partial charge is 0.126 e. The molecule has 97 valence electrons. The fourth-order valence-electron chi connectivity index (χ4n) is 1.62. The first-order chi connectivity index (χ1) is 8.41. The summed E-state index contributed by atoms with van der Waals surface area (Å²) < 4.78 is 40.1. The number of rotatable bonds is 1. The molecule has 2 rings (SSSR count). The van der Waals surface area contributed by atoms with E-state index < -0.39 is 17.5 Å². The number of halogens is 4. The number of hydrogen-bond acceptors (Lipinski definition) is 1. The van der Waals surface area contributed by atoms with Crippen molar-refractivity contribution in [3.63, 3.8) is 0 Å². The molecule has 0 aliphatic carbocycles. The molecule has 0 N–H and O–H groups in total. The first kappa shape index (κ1) is 16.5. The molecule has 1 aliphatic rings.